The first-order chi connectivity index (χ1) is 19.8. The van der Waals surface area contributed by atoms with Gasteiger partial charge in [-0.15, -0.1) is 0 Å². The second-order valence-corrected chi connectivity index (χ2v) is 21.7. The van der Waals surface area contributed by atoms with Crippen molar-refractivity contribution in [2.45, 2.75) is 38.5 Å². The molecular weight excluding hydrogens is 526 g/mol. The summed E-state index contributed by atoms with van der Waals surface area (Å²) >= 11 is 0. The van der Waals surface area contributed by atoms with E-state index in [0.29, 0.717) is 12.9 Å². The fourth-order valence-corrected chi connectivity index (χ4v) is 19.1. The van der Waals surface area contributed by atoms with Crippen LogP contribution in [0.5, 0.6) is 0 Å². The van der Waals surface area contributed by atoms with Gasteiger partial charge >= 0.3 is 246 Å². The van der Waals surface area contributed by atoms with Crippen LogP contribution in [0, 0.1) is 0 Å². The van der Waals surface area contributed by atoms with E-state index in [2.05, 4.69) is 120 Å². The van der Waals surface area contributed by atoms with E-state index in [1.165, 1.54) is 49.6 Å². The minimum absolute atomic E-state index is 0.0435. The van der Waals surface area contributed by atoms with Crippen LogP contribution in [0.1, 0.15) is 49.9 Å². The van der Waals surface area contributed by atoms with Gasteiger partial charge in [-0.2, -0.15) is 0 Å². The molecule has 0 bridgehead atoms. The van der Waals surface area contributed by atoms with Crippen molar-refractivity contribution >= 4 is 104 Å². The molecule has 4 fully saturated rings. The summed E-state index contributed by atoms with van der Waals surface area (Å²) in [5.41, 5.74) is 14.9. The summed E-state index contributed by atoms with van der Waals surface area (Å²) in [5.74, 6) is 0. The molecule has 0 spiro atoms. The monoisotopic (exact) mass is 550 g/mol. The number of benzene rings is 4. The summed E-state index contributed by atoms with van der Waals surface area (Å²) in [6.45, 7) is 15.6. The van der Waals surface area contributed by atoms with Crippen molar-refractivity contribution in [1.29, 1.82) is 0 Å². The molecule has 8 heterocycles. The number of aromatic nitrogens is 1. The third-order valence-corrected chi connectivity index (χ3v) is 20.7. The van der Waals surface area contributed by atoms with Crippen molar-refractivity contribution in [3.63, 3.8) is 0 Å². The van der Waals surface area contributed by atoms with Crippen LogP contribution in [0.25, 0.3) is 27.5 Å². The fraction of sp³-hybridized carbons (Fsp3) is 0.200. The molecule has 12 rings (SSSR count). The molecule has 0 amide bonds. The molecule has 2 nitrogen and oxygen atoms in total. The molecule has 0 atom stereocenters. The summed E-state index contributed by atoms with van der Waals surface area (Å²) in [6.07, 6.45) is -0.0807. The van der Waals surface area contributed by atoms with Crippen molar-refractivity contribution in [3.8, 4) is 5.69 Å². The molecule has 7 aliphatic rings. The number of hydrogen-bond acceptors (Lipinski definition) is 1. The van der Waals surface area contributed by atoms with Gasteiger partial charge in [0.1, 0.15) is 0 Å². The molecule has 185 valence electrons. The molecule has 11 heteroatoms. The molecule has 41 heavy (non-hydrogen) atoms. The van der Waals surface area contributed by atoms with E-state index in [9.17, 15) is 0 Å². The van der Waals surface area contributed by atoms with Gasteiger partial charge in [0.25, 0.3) is 0 Å². The minimum atomic E-state index is -2.40. The van der Waals surface area contributed by atoms with Crippen LogP contribution in [0.3, 0.4) is 0 Å². The molecule has 0 unspecified atom stereocenters. The molecule has 4 saturated heterocycles. The summed E-state index contributed by atoms with van der Waals surface area (Å²) < 4.78 is 8.59. The van der Waals surface area contributed by atoms with Crippen molar-refractivity contribution in [3.05, 3.63) is 89.0 Å². The van der Waals surface area contributed by atoms with Crippen molar-refractivity contribution in [2.75, 3.05) is 0 Å². The van der Waals surface area contributed by atoms with Crippen molar-refractivity contribution in [2.24, 2.45) is 4.52 Å². The van der Waals surface area contributed by atoms with E-state index in [1.807, 2.05) is 0 Å². The molecular formula is C30H23B7N2P2-. The number of nitrogens with zero attached hydrogens (tertiary/aromatic N) is 2. The average molecular weight is 549 g/mol. The van der Waals surface area contributed by atoms with Crippen LogP contribution < -0.4 is 21.7 Å². The van der Waals surface area contributed by atoms with Crippen LogP contribution >= 0.6 is 13.9 Å². The van der Waals surface area contributed by atoms with Crippen LogP contribution in [0.2, 0.25) is 0 Å². The van der Waals surface area contributed by atoms with E-state index in [0.717, 1.165) is 12.4 Å². The second kappa shape index (κ2) is 6.03. The summed E-state index contributed by atoms with van der Waals surface area (Å²) in [4.78, 5) is 0. The zero-order valence-electron chi connectivity index (χ0n) is 23.7. The van der Waals surface area contributed by atoms with Crippen molar-refractivity contribution < 1.29 is 0 Å². The molecule has 0 N–H and O–H groups in total. The van der Waals surface area contributed by atoms with Gasteiger partial charge in [-0.3, -0.25) is 0 Å². The molecule has 0 aliphatic carbocycles. The first kappa shape index (κ1) is 22.2. The Labute approximate surface area is 245 Å². The van der Waals surface area contributed by atoms with Gasteiger partial charge in [-0.05, 0) is 0 Å². The third-order valence-electron chi connectivity index (χ3n) is 12.3. The maximum absolute atomic E-state index is 5.91. The Hall–Kier alpha value is -2.34. The first-order valence-electron chi connectivity index (χ1n) is 15.3. The zero-order valence-corrected chi connectivity index (χ0v) is 25.5. The quantitative estimate of drug-likeness (QED) is 0.232. The van der Waals surface area contributed by atoms with Gasteiger partial charge < -0.3 is 0 Å². The Kier molecular flexibility index (Phi) is 3.27. The second-order valence-electron chi connectivity index (χ2n) is 14.8. The Bertz CT molecular complexity index is 2260. The summed E-state index contributed by atoms with van der Waals surface area (Å²) in [7, 11) is 2.40. The Morgan fingerprint density at radius 1 is 0.829 bits per heavy atom. The Morgan fingerprint density at radius 2 is 1.49 bits per heavy atom. The van der Waals surface area contributed by atoms with Crippen molar-refractivity contribution in [1.82, 2.24) is 4.57 Å². The predicted molar refractivity (Wildman–Crippen MR) is 187 cm³/mol. The van der Waals surface area contributed by atoms with Crippen LogP contribution in [-0.4, -0.2) is 50.8 Å². The topological polar surface area (TPSA) is 17.3 Å². The van der Waals surface area contributed by atoms with E-state index < -0.39 is 6.39 Å². The van der Waals surface area contributed by atoms with Gasteiger partial charge in [0.2, 0.25) is 0 Å². The Balaban J connectivity index is 1.34. The molecule has 4 aromatic carbocycles. The Morgan fingerprint density at radius 3 is 2.17 bits per heavy atom. The van der Waals surface area contributed by atoms with E-state index in [-0.39, 0.29) is 18.3 Å². The zero-order chi connectivity index (χ0) is 27.0. The van der Waals surface area contributed by atoms with Crippen LogP contribution in [0.15, 0.2) is 71.2 Å². The van der Waals surface area contributed by atoms with Gasteiger partial charge in [0, 0.05) is 0 Å². The maximum atomic E-state index is 5.91. The fourth-order valence-electron chi connectivity index (χ4n) is 9.76. The number of fused-ring (bicyclic) bond motifs is 6. The van der Waals surface area contributed by atoms with E-state index >= 15 is 0 Å². The van der Waals surface area contributed by atoms with E-state index in [4.69, 9.17) is 4.52 Å². The molecule has 1 aromatic heterocycles. The van der Waals surface area contributed by atoms with Gasteiger partial charge in [-0.25, -0.2) is 0 Å². The third kappa shape index (κ3) is 2.11. The van der Waals surface area contributed by atoms with Gasteiger partial charge in [0.15, 0.2) is 0 Å². The van der Waals surface area contributed by atoms with Gasteiger partial charge in [-0.1, -0.05) is 0 Å². The van der Waals surface area contributed by atoms with Gasteiger partial charge in [0.05, 0.1) is 0 Å². The number of hydrogen-bond donors (Lipinski definition) is 0. The standard InChI is InChI=1S/C30H23B7N2P2/c1-29(2)17-10-7-11-18-25(17)34-26-19(29)12-8-14-22(26)39-21-13-6-5-9-16(21)24-23(15-20(30(18,3)4)27(34)28(24)39)41(32-35(41)33-41)38-40-36-31-37(36)40/h5-15H,1-4H3/q-1. The number of rotatable bonds is 2. The predicted octanol–water partition coefficient (Wildman–Crippen LogP) is 3.69. The normalized spacial score (nSPS) is 24.3. The number of para-hydroxylation sites is 1. The summed E-state index contributed by atoms with van der Waals surface area (Å²) in [5, 5.41) is 4.53. The average Bonchev–Trinajstić information content (AvgIpc) is 3.87. The van der Waals surface area contributed by atoms with E-state index in [1.54, 1.807) is 21.8 Å². The van der Waals surface area contributed by atoms with Crippen LogP contribution in [-0.2, 0) is 10.8 Å². The molecule has 5 aromatic rings. The molecule has 0 saturated carbocycles. The SMILES string of the molecule is CC1(C)c2cccc3c2B2c4c1cccc4C(C)(C)c1cc(P45(N=[P+]6B7[B-]B76)[B]B4[B-]5)c4c5ccccc5n-3c4c12. The van der Waals surface area contributed by atoms with Crippen LogP contribution in [0.4, 0.5) is 0 Å². The molecule has 5 radical (unpaired) electrons. The first-order valence-corrected chi connectivity index (χ1v) is 19.1. The molecule has 7 aliphatic heterocycles. The summed E-state index contributed by atoms with van der Waals surface area (Å²) in [6, 6.07) is 26.3.